The molecule has 3 aromatic rings. The lowest BCUT2D eigenvalue weighted by molar-refractivity contribution is -0.158. The summed E-state index contributed by atoms with van der Waals surface area (Å²) in [6.07, 6.45) is -0.642. The third-order valence-corrected chi connectivity index (χ3v) is 6.43. The van der Waals surface area contributed by atoms with Gasteiger partial charge in [-0.3, -0.25) is 4.79 Å². The minimum atomic E-state index is -4.32. The molecule has 0 N–H and O–H groups in total. The number of fused-ring (bicyclic) bond motifs is 1. The Morgan fingerprint density at radius 1 is 1.15 bits per heavy atom. The van der Waals surface area contributed by atoms with Gasteiger partial charge in [0.25, 0.3) is 0 Å². The van der Waals surface area contributed by atoms with E-state index in [-0.39, 0.29) is 24.0 Å². The zero-order valence-corrected chi connectivity index (χ0v) is 18.8. The monoisotopic (exact) mass is 468 g/mol. The zero-order valence-electron chi connectivity index (χ0n) is 18.8. The third kappa shape index (κ3) is 4.29. The van der Waals surface area contributed by atoms with Crippen LogP contribution in [0.4, 0.5) is 13.2 Å². The van der Waals surface area contributed by atoms with Crippen molar-refractivity contribution in [2.24, 2.45) is 13.0 Å². The van der Waals surface area contributed by atoms with Gasteiger partial charge in [0.1, 0.15) is 5.82 Å². The number of allylic oxidation sites excluding steroid dienone is 1. The van der Waals surface area contributed by atoms with E-state index >= 15 is 0 Å². The van der Waals surface area contributed by atoms with Crippen LogP contribution in [0.15, 0.2) is 47.1 Å². The van der Waals surface area contributed by atoms with Gasteiger partial charge in [0.15, 0.2) is 5.65 Å². The summed E-state index contributed by atoms with van der Waals surface area (Å²) in [5.41, 5.74) is 5.70. The van der Waals surface area contributed by atoms with E-state index in [0.29, 0.717) is 47.6 Å². The molecule has 0 unspecified atom stereocenters. The molecule has 9 heteroatoms. The molecule has 5 rings (SSSR count). The number of halogens is 3. The first kappa shape index (κ1) is 22.5. The highest BCUT2D eigenvalue weighted by atomic mass is 19.4. The average molecular weight is 468 g/mol. The van der Waals surface area contributed by atoms with Crippen LogP contribution in [0.1, 0.15) is 54.1 Å². The smallest absolute Gasteiger partial charge is 0.373 e. The van der Waals surface area contributed by atoms with E-state index in [9.17, 15) is 18.0 Å². The van der Waals surface area contributed by atoms with Crippen molar-refractivity contribution in [3.05, 3.63) is 75.4 Å². The van der Waals surface area contributed by atoms with Crippen molar-refractivity contribution >= 4 is 16.6 Å². The number of pyridine rings is 2. The molecule has 34 heavy (non-hydrogen) atoms. The molecule has 6 nitrogen and oxygen atoms in total. The van der Waals surface area contributed by atoms with Crippen LogP contribution in [0.2, 0.25) is 0 Å². The Bertz CT molecular complexity index is 1390. The lowest BCUT2D eigenvalue weighted by atomic mass is 9.91. The number of hydrogen-bond donors (Lipinski definition) is 0. The zero-order chi connectivity index (χ0) is 24.0. The molecule has 0 spiro atoms. The fourth-order valence-electron chi connectivity index (χ4n) is 4.52. The minimum Gasteiger partial charge on any atom is -0.373 e. The fourth-order valence-corrected chi connectivity index (χ4v) is 4.52. The second-order valence-electron chi connectivity index (χ2n) is 8.89. The fraction of sp³-hybridized carbons (Fsp3) is 0.400. The highest BCUT2D eigenvalue weighted by molar-refractivity contribution is 5.88. The van der Waals surface area contributed by atoms with Crippen molar-refractivity contribution in [3.8, 4) is 0 Å². The molecule has 0 amide bonds. The van der Waals surface area contributed by atoms with Gasteiger partial charge in [-0.05, 0) is 56.0 Å². The largest absolute Gasteiger partial charge is 0.396 e. The summed E-state index contributed by atoms with van der Waals surface area (Å²) in [6.45, 7) is 2.33. The van der Waals surface area contributed by atoms with Gasteiger partial charge < -0.3 is 9.30 Å². The SMILES string of the molecule is Cc1ccc2c(C3=C=C[C@@H](C(F)(F)F)C3)nc([C@@H]3CCO[C@H](c4ccc(=O)n(C)c4)C3)nc2n1. The lowest BCUT2D eigenvalue weighted by Crippen LogP contribution is -2.23. The molecule has 3 atom stereocenters. The number of alkyl halides is 3. The topological polar surface area (TPSA) is 69.9 Å². The Hall–Kier alpha value is -3.29. The molecule has 3 aromatic heterocycles. The Morgan fingerprint density at radius 3 is 2.71 bits per heavy atom. The van der Waals surface area contributed by atoms with Gasteiger partial charge in [-0.15, -0.1) is 5.73 Å². The van der Waals surface area contributed by atoms with Crippen molar-refractivity contribution < 1.29 is 17.9 Å². The average Bonchev–Trinajstić information content (AvgIpc) is 3.31. The molecule has 0 bridgehead atoms. The summed E-state index contributed by atoms with van der Waals surface area (Å²) in [7, 11) is 1.69. The van der Waals surface area contributed by atoms with Crippen LogP contribution in [0, 0.1) is 12.8 Å². The highest BCUT2D eigenvalue weighted by Gasteiger charge is 2.40. The van der Waals surface area contributed by atoms with Crippen molar-refractivity contribution in [1.29, 1.82) is 0 Å². The van der Waals surface area contributed by atoms with Crippen LogP contribution in [-0.4, -0.2) is 32.3 Å². The Morgan fingerprint density at radius 2 is 1.97 bits per heavy atom. The molecule has 0 radical (unpaired) electrons. The number of ether oxygens (including phenoxy) is 1. The molecule has 0 aromatic carbocycles. The van der Waals surface area contributed by atoms with Gasteiger partial charge in [0.2, 0.25) is 5.56 Å². The molecule has 2 aliphatic rings. The Kier molecular flexibility index (Phi) is 5.62. The minimum absolute atomic E-state index is 0.0640. The molecule has 0 saturated carbocycles. The Labute approximate surface area is 193 Å². The van der Waals surface area contributed by atoms with Crippen molar-refractivity contribution in [2.75, 3.05) is 6.61 Å². The van der Waals surface area contributed by atoms with Gasteiger partial charge in [-0.2, -0.15) is 13.2 Å². The maximum Gasteiger partial charge on any atom is 0.396 e. The van der Waals surface area contributed by atoms with Gasteiger partial charge in [0.05, 0.1) is 17.7 Å². The van der Waals surface area contributed by atoms with Crippen LogP contribution in [-0.2, 0) is 11.8 Å². The van der Waals surface area contributed by atoms with Crippen molar-refractivity contribution in [3.63, 3.8) is 0 Å². The molecule has 1 aliphatic carbocycles. The van der Waals surface area contributed by atoms with Crippen LogP contribution in [0.25, 0.3) is 16.6 Å². The van der Waals surface area contributed by atoms with Gasteiger partial charge in [-0.1, -0.05) is 0 Å². The summed E-state index contributed by atoms with van der Waals surface area (Å²) in [6, 6.07) is 6.89. The number of aryl methyl sites for hydroxylation is 2. The number of aromatic nitrogens is 4. The number of nitrogens with zero attached hydrogens (tertiary/aromatic N) is 4. The second kappa shape index (κ2) is 8.49. The molecule has 176 valence electrons. The van der Waals surface area contributed by atoms with E-state index < -0.39 is 12.1 Å². The standard InChI is InChI=1S/C25H23F3N4O2/c1-14-3-7-19-22(15-4-6-18(11-15)25(26,27)28)30-23(31-24(19)29-14)16-9-10-34-20(12-16)17-5-8-21(33)32(2)13-17/h3,5-8,13,16,18,20H,9-12H2,1-2H3/t16-,18-,20+/m1/s1. The summed E-state index contributed by atoms with van der Waals surface area (Å²) in [5.74, 6) is -1.08. The Balaban J connectivity index is 1.52. The molecular weight excluding hydrogens is 445 g/mol. The maximum absolute atomic E-state index is 13.3. The predicted octanol–water partition coefficient (Wildman–Crippen LogP) is 4.79. The van der Waals surface area contributed by atoms with E-state index in [4.69, 9.17) is 14.7 Å². The lowest BCUT2D eigenvalue weighted by Gasteiger charge is -2.29. The van der Waals surface area contributed by atoms with E-state index in [1.807, 2.05) is 13.0 Å². The van der Waals surface area contributed by atoms with Crippen LogP contribution in [0.3, 0.4) is 0 Å². The van der Waals surface area contributed by atoms with Crippen LogP contribution >= 0.6 is 0 Å². The highest BCUT2D eigenvalue weighted by Crippen LogP contribution is 2.41. The van der Waals surface area contributed by atoms with Gasteiger partial charge in [0, 0.05) is 48.5 Å². The summed E-state index contributed by atoms with van der Waals surface area (Å²) >= 11 is 0. The summed E-state index contributed by atoms with van der Waals surface area (Å²) < 4.78 is 47.3. The van der Waals surface area contributed by atoms with E-state index in [1.165, 1.54) is 10.6 Å². The first-order valence-corrected chi connectivity index (χ1v) is 11.2. The summed E-state index contributed by atoms with van der Waals surface area (Å²) in [5, 5.41) is 0.620. The van der Waals surface area contributed by atoms with E-state index in [2.05, 4.69) is 10.7 Å². The normalized spacial score (nSPS) is 22.9. The molecule has 1 aliphatic heterocycles. The first-order valence-electron chi connectivity index (χ1n) is 11.2. The maximum atomic E-state index is 13.3. The number of hydrogen-bond acceptors (Lipinski definition) is 5. The van der Waals surface area contributed by atoms with Crippen LogP contribution in [0.5, 0.6) is 0 Å². The van der Waals surface area contributed by atoms with Gasteiger partial charge >= 0.3 is 6.18 Å². The quantitative estimate of drug-likeness (QED) is 0.517. The first-order chi connectivity index (χ1) is 16.2. The van der Waals surface area contributed by atoms with E-state index in [0.717, 1.165) is 17.3 Å². The van der Waals surface area contributed by atoms with Crippen LogP contribution < -0.4 is 5.56 Å². The predicted molar refractivity (Wildman–Crippen MR) is 120 cm³/mol. The second-order valence-corrected chi connectivity index (χ2v) is 8.89. The number of rotatable bonds is 3. The van der Waals surface area contributed by atoms with E-state index in [1.54, 1.807) is 25.4 Å². The third-order valence-electron chi connectivity index (χ3n) is 6.43. The molecule has 1 saturated heterocycles. The van der Waals surface area contributed by atoms with Gasteiger partial charge in [-0.25, -0.2) is 15.0 Å². The van der Waals surface area contributed by atoms with Crippen molar-refractivity contribution in [2.45, 2.75) is 44.4 Å². The summed E-state index contributed by atoms with van der Waals surface area (Å²) in [4.78, 5) is 25.8. The molecular formula is C25H23F3N4O2. The molecule has 4 heterocycles. The molecule has 1 fully saturated rings. The van der Waals surface area contributed by atoms with Crippen molar-refractivity contribution in [1.82, 2.24) is 19.5 Å².